The number of rotatable bonds is 4. The summed E-state index contributed by atoms with van der Waals surface area (Å²) in [6.07, 6.45) is 3.46. The largest absolute Gasteiger partial charge is 0.341 e. The molecular weight excluding hydrogens is 248 g/mol. The Kier molecular flexibility index (Phi) is 3.93. The van der Waals surface area contributed by atoms with Gasteiger partial charge in [-0.1, -0.05) is 24.1 Å². The predicted octanol–water partition coefficient (Wildman–Crippen LogP) is 2.54. The molecule has 3 nitrogen and oxygen atoms in total. The van der Waals surface area contributed by atoms with Crippen LogP contribution in [-0.4, -0.2) is 30.9 Å². The topological polar surface area (TPSA) is 46.3 Å². The predicted molar refractivity (Wildman–Crippen MR) is 73.8 cm³/mol. The molecule has 1 aliphatic carbocycles. The first-order valence-corrected chi connectivity index (χ1v) is 6.65. The molecule has 0 saturated heterocycles. The van der Waals surface area contributed by atoms with Crippen molar-refractivity contribution in [3.63, 3.8) is 0 Å². The van der Waals surface area contributed by atoms with Crippen LogP contribution in [0.2, 0.25) is 5.02 Å². The van der Waals surface area contributed by atoms with Crippen molar-refractivity contribution in [1.29, 1.82) is 0 Å². The van der Waals surface area contributed by atoms with Crippen molar-refractivity contribution in [2.45, 2.75) is 19.3 Å². The fourth-order valence-corrected chi connectivity index (χ4v) is 2.71. The molecule has 0 bridgehead atoms. The normalized spacial score (nSPS) is 17.1. The Morgan fingerprint density at radius 2 is 2.22 bits per heavy atom. The van der Waals surface area contributed by atoms with E-state index in [1.54, 1.807) is 29.2 Å². The highest BCUT2D eigenvalue weighted by molar-refractivity contribution is 6.30. The Labute approximate surface area is 113 Å². The minimum absolute atomic E-state index is 0.0113. The van der Waals surface area contributed by atoms with E-state index in [9.17, 15) is 4.79 Å². The van der Waals surface area contributed by atoms with E-state index in [2.05, 4.69) is 0 Å². The fourth-order valence-electron chi connectivity index (χ4n) is 2.52. The number of halogens is 1. The van der Waals surface area contributed by atoms with Crippen molar-refractivity contribution in [1.82, 2.24) is 4.90 Å². The van der Waals surface area contributed by atoms with Gasteiger partial charge in [0.15, 0.2) is 0 Å². The molecule has 0 radical (unpaired) electrons. The molecule has 1 fully saturated rings. The summed E-state index contributed by atoms with van der Waals surface area (Å²) in [5, 5.41) is 0.589. The van der Waals surface area contributed by atoms with Gasteiger partial charge in [-0.15, -0.1) is 0 Å². The standard InChI is InChI=1S/C14H19ClN2O/c1-17(10-14(9-16)6-3-7-14)13(18)11-4-2-5-12(15)8-11/h2,4-5,8H,3,6-7,9-10,16H2,1H3. The highest BCUT2D eigenvalue weighted by Crippen LogP contribution is 2.40. The molecule has 0 spiro atoms. The zero-order valence-corrected chi connectivity index (χ0v) is 11.4. The molecule has 2 N–H and O–H groups in total. The summed E-state index contributed by atoms with van der Waals surface area (Å²) in [6.45, 7) is 1.38. The minimum Gasteiger partial charge on any atom is -0.341 e. The first kappa shape index (κ1) is 13.4. The summed E-state index contributed by atoms with van der Waals surface area (Å²) >= 11 is 5.90. The van der Waals surface area contributed by atoms with Gasteiger partial charge in [-0.25, -0.2) is 0 Å². The summed E-state index contributed by atoms with van der Waals surface area (Å²) in [6, 6.07) is 7.06. The summed E-state index contributed by atoms with van der Waals surface area (Å²) in [5.41, 5.74) is 6.60. The molecule has 1 aromatic rings. The van der Waals surface area contributed by atoms with Crippen molar-refractivity contribution >= 4 is 17.5 Å². The van der Waals surface area contributed by atoms with E-state index < -0.39 is 0 Å². The van der Waals surface area contributed by atoms with Crippen LogP contribution in [-0.2, 0) is 0 Å². The van der Waals surface area contributed by atoms with Crippen molar-refractivity contribution in [3.05, 3.63) is 34.9 Å². The van der Waals surface area contributed by atoms with Gasteiger partial charge in [-0.2, -0.15) is 0 Å². The number of hydrogen-bond acceptors (Lipinski definition) is 2. The zero-order chi connectivity index (χ0) is 13.2. The summed E-state index contributed by atoms with van der Waals surface area (Å²) in [4.78, 5) is 14.0. The third-order valence-electron chi connectivity index (χ3n) is 3.84. The molecule has 1 saturated carbocycles. The van der Waals surface area contributed by atoms with Gasteiger partial charge in [-0.05, 0) is 37.6 Å². The van der Waals surface area contributed by atoms with Gasteiger partial charge in [0.25, 0.3) is 5.91 Å². The van der Waals surface area contributed by atoms with Crippen molar-refractivity contribution < 1.29 is 4.79 Å². The van der Waals surface area contributed by atoms with Crippen LogP contribution in [0.4, 0.5) is 0 Å². The molecule has 18 heavy (non-hydrogen) atoms. The second-order valence-corrected chi connectivity index (χ2v) is 5.67. The van der Waals surface area contributed by atoms with E-state index in [1.165, 1.54) is 6.42 Å². The molecule has 2 rings (SSSR count). The smallest absolute Gasteiger partial charge is 0.253 e. The highest BCUT2D eigenvalue weighted by Gasteiger charge is 2.37. The molecular formula is C14H19ClN2O. The second kappa shape index (κ2) is 5.29. The van der Waals surface area contributed by atoms with Crippen molar-refractivity contribution in [2.75, 3.05) is 20.1 Å². The average molecular weight is 267 g/mol. The first-order chi connectivity index (χ1) is 8.56. The van der Waals surface area contributed by atoms with Crippen LogP contribution in [0.1, 0.15) is 29.6 Å². The number of amides is 1. The molecule has 1 aliphatic rings. The molecule has 0 aliphatic heterocycles. The van der Waals surface area contributed by atoms with E-state index in [1.807, 2.05) is 7.05 Å². The number of nitrogens with two attached hydrogens (primary N) is 1. The minimum atomic E-state index is 0.0113. The van der Waals surface area contributed by atoms with Crippen LogP contribution in [0.25, 0.3) is 0 Å². The highest BCUT2D eigenvalue weighted by atomic mass is 35.5. The zero-order valence-electron chi connectivity index (χ0n) is 10.7. The van der Waals surface area contributed by atoms with Crippen LogP contribution in [0.15, 0.2) is 24.3 Å². The van der Waals surface area contributed by atoms with Crippen molar-refractivity contribution in [2.24, 2.45) is 11.1 Å². The third kappa shape index (κ3) is 2.68. The van der Waals surface area contributed by atoms with Crippen molar-refractivity contribution in [3.8, 4) is 0 Å². The molecule has 0 unspecified atom stereocenters. The summed E-state index contributed by atoms with van der Waals surface area (Å²) < 4.78 is 0. The molecule has 0 heterocycles. The monoisotopic (exact) mass is 266 g/mol. The number of carbonyl (C=O) groups is 1. The quantitative estimate of drug-likeness (QED) is 0.910. The number of benzene rings is 1. The SMILES string of the molecule is CN(CC1(CN)CCC1)C(=O)c1cccc(Cl)c1. The van der Waals surface area contributed by atoms with Crippen LogP contribution in [0.5, 0.6) is 0 Å². The first-order valence-electron chi connectivity index (χ1n) is 6.27. The maximum Gasteiger partial charge on any atom is 0.253 e. The molecule has 0 atom stereocenters. The lowest BCUT2D eigenvalue weighted by atomic mass is 9.68. The Balaban J connectivity index is 2.05. The van der Waals surface area contributed by atoms with Crippen LogP contribution in [0, 0.1) is 5.41 Å². The van der Waals surface area contributed by atoms with E-state index in [0.29, 0.717) is 17.1 Å². The van der Waals surface area contributed by atoms with Gasteiger partial charge >= 0.3 is 0 Å². The Morgan fingerprint density at radius 3 is 2.72 bits per heavy atom. The van der Waals surface area contributed by atoms with Crippen LogP contribution >= 0.6 is 11.6 Å². The van der Waals surface area contributed by atoms with Gasteiger partial charge in [0, 0.05) is 29.6 Å². The second-order valence-electron chi connectivity index (χ2n) is 5.23. The van der Waals surface area contributed by atoms with Crippen LogP contribution in [0.3, 0.4) is 0 Å². The lowest BCUT2D eigenvalue weighted by Gasteiger charge is -2.43. The Morgan fingerprint density at radius 1 is 1.50 bits per heavy atom. The lowest BCUT2D eigenvalue weighted by Crippen LogP contribution is -2.47. The molecule has 4 heteroatoms. The summed E-state index contributed by atoms with van der Waals surface area (Å²) in [5.74, 6) is 0.0113. The molecule has 98 valence electrons. The van der Waals surface area contributed by atoms with Gasteiger partial charge in [-0.3, -0.25) is 4.79 Å². The fraction of sp³-hybridized carbons (Fsp3) is 0.500. The molecule has 0 aromatic heterocycles. The lowest BCUT2D eigenvalue weighted by molar-refractivity contribution is 0.0568. The number of carbonyl (C=O) groups excluding carboxylic acids is 1. The third-order valence-corrected chi connectivity index (χ3v) is 4.07. The maximum atomic E-state index is 12.3. The number of nitrogens with zero attached hydrogens (tertiary/aromatic N) is 1. The van der Waals surface area contributed by atoms with Gasteiger partial charge in [0.2, 0.25) is 0 Å². The van der Waals surface area contributed by atoms with Gasteiger partial charge in [0.1, 0.15) is 0 Å². The average Bonchev–Trinajstić information content (AvgIpc) is 2.32. The molecule has 1 amide bonds. The van der Waals surface area contributed by atoms with E-state index >= 15 is 0 Å². The summed E-state index contributed by atoms with van der Waals surface area (Å²) in [7, 11) is 1.83. The van der Waals surface area contributed by atoms with E-state index in [-0.39, 0.29) is 11.3 Å². The Hall–Kier alpha value is -1.06. The Bertz CT molecular complexity index is 438. The van der Waals surface area contributed by atoms with E-state index in [0.717, 1.165) is 19.4 Å². The van der Waals surface area contributed by atoms with Crippen LogP contribution < -0.4 is 5.73 Å². The number of hydrogen-bond donors (Lipinski definition) is 1. The van der Waals surface area contributed by atoms with Gasteiger partial charge < -0.3 is 10.6 Å². The van der Waals surface area contributed by atoms with E-state index in [4.69, 9.17) is 17.3 Å². The van der Waals surface area contributed by atoms with Gasteiger partial charge in [0.05, 0.1) is 0 Å². The molecule has 1 aromatic carbocycles. The maximum absolute atomic E-state index is 12.3.